The van der Waals surface area contributed by atoms with Crippen LogP contribution in [0.4, 0.5) is 5.69 Å². The number of piperidine rings is 1. The van der Waals surface area contributed by atoms with Crippen molar-refractivity contribution in [2.75, 3.05) is 24.4 Å². The number of carbonyl (C=O) groups excluding carboxylic acids is 2. The van der Waals surface area contributed by atoms with E-state index in [1.807, 2.05) is 0 Å². The van der Waals surface area contributed by atoms with Crippen LogP contribution in [0.3, 0.4) is 0 Å². The number of nitrogens with zero attached hydrogens (tertiary/aromatic N) is 3. The van der Waals surface area contributed by atoms with Gasteiger partial charge in [0.05, 0.1) is 17.9 Å². The molecule has 4 rings (SSSR count). The monoisotopic (exact) mass is 458 g/mol. The number of fused-ring (bicyclic) bond motifs is 1. The smallest absolute Gasteiger partial charge is 0.344 e. The summed E-state index contributed by atoms with van der Waals surface area (Å²) in [6.45, 7) is 1.37. The molecule has 0 unspecified atom stereocenters. The van der Waals surface area contributed by atoms with E-state index >= 15 is 0 Å². The SMILES string of the molecule is NC(=O)c1cc(C(=O)N2CCC[C@H](COc3cccc4c3C(N)=NS(=O)(=O)N4)C2)ccn1. The molecule has 3 heterocycles. The number of likely N-dealkylation sites (tertiary alicyclic amines) is 1. The van der Waals surface area contributed by atoms with Crippen LogP contribution >= 0.6 is 0 Å². The van der Waals surface area contributed by atoms with Gasteiger partial charge in [-0.2, -0.15) is 8.42 Å². The van der Waals surface area contributed by atoms with Crippen molar-refractivity contribution >= 4 is 33.5 Å². The number of nitrogens with one attached hydrogen (secondary N) is 1. The molecule has 2 aliphatic heterocycles. The van der Waals surface area contributed by atoms with Crippen molar-refractivity contribution in [2.24, 2.45) is 21.8 Å². The zero-order valence-corrected chi connectivity index (χ0v) is 17.8. The number of rotatable bonds is 5. The van der Waals surface area contributed by atoms with Crippen molar-refractivity contribution in [1.82, 2.24) is 9.88 Å². The van der Waals surface area contributed by atoms with Gasteiger partial charge in [-0.3, -0.25) is 19.3 Å². The molecule has 0 bridgehead atoms. The molecule has 11 nitrogen and oxygen atoms in total. The number of amides is 2. The molecule has 1 aromatic heterocycles. The largest absolute Gasteiger partial charge is 0.492 e. The summed E-state index contributed by atoms with van der Waals surface area (Å²) in [5.41, 5.74) is 12.2. The quantitative estimate of drug-likeness (QED) is 0.585. The maximum Gasteiger partial charge on any atom is 0.344 e. The summed E-state index contributed by atoms with van der Waals surface area (Å²) in [5, 5.41) is 0. The highest BCUT2D eigenvalue weighted by Gasteiger charge is 2.27. The van der Waals surface area contributed by atoms with Crippen molar-refractivity contribution in [1.29, 1.82) is 0 Å². The van der Waals surface area contributed by atoms with Gasteiger partial charge in [-0.05, 0) is 37.1 Å². The van der Waals surface area contributed by atoms with Crippen LogP contribution in [0.1, 0.15) is 39.3 Å². The highest BCUT2D eigenvalue weighted by Crippen LogP contribution is 2.31. The number of nitrogens with two attached hydrogens (primary N) is 2. The molecule has 0 saturated carbocycles. The lowest BCUT2D eigenvalue weighted by molar-refractivity contribution is 0.0633. The molecule has 2 aromatic rings. The van der Waals surface area contributed by atoms with E-state index in [2.05, 4.69) is 14.1 Å². The fourth-order valence-electron chi connectivity index (χ4n) is 3.81. The van der Waals surface area contributed by atoms with Gasteiger partial charge in [-0.15, -0.1) is 4.40 Å². The molecule has 2 amide bonds. The molecular formula is C20H22N6O5S. The summed E-state index contributed by atoms with van der Waals surface area (Å²) in [6, 6.07) is 7.87. The molecule has 1 aromatic carbocycles. The van der Waals surface area contributed by atoms with Crippen LogP contribution in [0, 0.1) is 5.92 Å². The van der Waals surface area contributed by atoms with Gasteiger partial charge in [0.1, 0.15) is 11.4 Å². The Morgan fingerprint density at radius 1 is 1.28 bits per heavy atom. The summed E-state index contributed by atoms with van der Waals surface area (Å²) < 4.78 is 35.2. The zero-order valence-electron chi connectivity index (χ0n) is 17.0. The fraction of sp³-hybridized carbons (Fsp3) is 0.300. The van der Waals surface area contributed by atoms with Crippen LogP contribution in [-0.2, 0) is 10.2 Å². The Bertz CT molecular complexity index is 1210. The first-order chi connectivity index (χ1) is 15.2. The van der Waals surface area contributed by atoms with Crippen molar-refractivity contribution in [3.05, 3.63) is 53.3 Å². The van der Waals surface area contributed by atoms with Crippen LogP contribution in [0.5, 0.6) is 5.75 Å². The summed E-state index contributed by atoms with van der Waals surface area (Å²) in [4.78, 5) is 29.8. The van der Waals surface area contributed by atoms with E-state index < -0.39 is 16.1 Å². The Morgan fingerprint density at radius 2 is 2.09 bits per heavy atom. The fourth-order valence-corrected chi connectivity index (χ4v) is 4.66. The van der Waals surface area contributed by atoms with Gasteiger partial charge in [0.25, 0.3) is 11.8 Å². The number of amidine groups is 1. The van der Waals surface area contributed by atoms with E-state index in [1.165, 1.54) is 12.3 Å². The first-order valence-corrected chi connectivity index (χ1v) is 11.4. The normalized spacial score (nSPS) is 19.3. The number of benzene rings is 1. The van der Waals surface area contributed by atoms with E-state index in [9.17, 15) is 18.0 Å². The lowest BCUT2D eigenvalue weighted by Gasteiger charge is -2.33. The van der Waals surface area contributed by atoms with Crippen LogP contribution < -0.4 is 20.9 Å². The van der Waals surface area contributed by atoms with E-state index in [4.69, 9.17) is 16.2 Å². The Balaban J connectivity index is 1.44. The molecule has 0 aliphatic carbocycles. The predicted octanol–water partition coefficient (Wildman–Crippen LogP) is 0.487. The number of hydrogen-bond acceptors (Lipinski definition) is 7. The average Bonchev–Trinajstić information content (AvgIpc) is 2.76. The maximum absolute atomic E-state index is 12.9. The molecule has 5 N–H and O–H groups in total. The second kappa shape index (κ2) is 8.46. The molecular weight excluding hydrogens is 436 g/mol. The Morgan fingerprint density at radius 3 is 2.88 bits per heavy atom. The van der Waals surface area contributed by atoms with Crippen molar-refractivity contribution in [3.63, 3.8) is 0 Å². The third-order valence-electron chi connectivity index (χ3n) is 5.28. The number of anilines is 1. The molecule has 1 fully saturated rings. The van der Waals surface area contributed by atoms with Crippen LogP contribution in [0.2, 0.25) is 0 Å². The van der Waals surface area contributed by atoms with Gasteiger partial charge in [-0.25, -0.2) is 0 Å². The second-order valence-electron chi connectivity index (χ2n) is 7.60. The average molecular weight is 459 g/mol. The van der Waals surface area contributed by atoms with Crippen LogP contribution in [0.25, 0.3) is 0 Å². The Kier molecular flexibility index (Phi) is 5.70. The standard InChI is InChI=1S/C20H22N6O5S/c21-18-17-14(24-32(29,30)25-18)4-1-5-16(17)31-11-12-3-2-8-26(10-12)20(28)13-6-7-23-15(9-13)19(22)27/h1,4-7,9,12,24H,2-3,8,10-11H2,(H2,21,25)(H2,22,27)/t12-/m0/s1. The molecule has 0 spiro atoms. The first-order valence-electron chi connectivity index (χ1n) is 9.93. The van der Waals surface area contributed by atoms with Gasteiger partial charge in [0, 0.05) is 30.8 Å². The number of hydrogen-bond donors (Lipinski definition) is 3. The van der Waals surface area contributed by atoms with Crippen molar-refractivity contribution < 1.29 is 22.7 Å². The summed E-state index contributed by atoms with van der Waals surface area (Å²) >= 11 is 0. The highest BCUT2D eigenvalue weighted by molar-refractivity contribution is 7.91. The molecule has 1 saturated heterocycles. The Hall–Kier alpha value is -3.67. The summed E-state index contributed by atoms with van der Waals surface area (Å²) in [7, 11) is -3.87. The lowest BCUT2D eigenvalue weighted by Crippen LogP contribution is -2.41. The topological polar surface area (TPSA) is 170 Å². The number of pyridine rings is 1. The minimum absolute atomic E-state index is 0.0384. The van der Waals surface area contributed by atoms with E-state index in [-0.39, 0.29) is 23.4 Å². The number of primary amides is 1. The summed E-state index contributed by atoms with van der Waals surface area (Å²) in [6.07, 6.45) is 3.04. The Labute approximate surface area is 184 Å². The van der Waals surface area contributed by atoms with Crippen molar-refractivity contribution in [2.45, 2.75) is 12.8 Å². The minimum Gasteiger partial charge on any atom is -0.492 e. The first kappa shape index (κ1) is 21.6. The molecule has 1 atom stereocenters. The number of carbonyl (C=O) groups is 2. The highest BCUT2D eigenvalue weighted by atomic mass is 32.2. The maximum atomic E-state index is 12.9. The van der Waals surface area contributed by atoms with Gasteiger partial charge in [0.2, 0.25) is 0 Å². The molecule has 2 aliphatic rings. The van der Waals surface area contributed by atoms with Gasteiger partial charge < -0.3 is 21.1 Å². The summed E-state index contributed by atoms with van der Waals surface area (Å²) in [5.74, 6) is -0.574. The number of aromatic nitrogens is 1. The zero-order chi connectivity index (χ0) is 22.9. The minimum atomic E-state index is -3.87. The van der Waals surface area contributed by atoms with E-state index in [1.54, 1.807) is 29.2 Å². The second-order valence-corrected chi connectivity index (χ2v) is 8.93. The molecule has 12 heteroatoms. The molecule has 0 radical (unpaired) electrons. The third kappa shape index (κ3) is 4.49. The van der Waals surface area contributed by atoms with Crippen LogP contribution in [0.15, 0.2) is 40.9 Å². The van der Waals surface area contributed by atoms with E-state index in [0.717, 1.165) is 12.8 Å². The lowest BCUT2D eigenvalue weighted by atomic mass is 9.98. The van der Waals surface area contributed by atoms with Gasteiger partial charge in [0.15, 0.2) is 5.84 Å². The van der Waals surface area contributed by atoms with E-state index in [0.29, 0.717) is 42.3 Å². The molecule has 168 valence electrons. The molecule has 32 heavy (non-hydrogen) atoms. The van der Waals surface area contributed by atoms with Crippen LogP contribution in [-0.4, -0.2) is 55.6 Å². The van der Waals surface area contributed by atoms with Gasteiger partial charge in [-0.1, -0.05) is 6.07 Å². The third-order valence-corrected chi connectivity index (χ3v) is 6.19. The van der Waals surface area contributed by atoms with Crippen molar-refractivity contribution in [3.8, 4) is 5.75 Å². The predicted molar refractivity (Wildman–Crippen MR) is 117 cm³/mol. The van der Waals surface area contributed by atoms with Gasteiger partial charge >= 0.3 is 10.2 Å². The number of ether oxygens (including phenoxy) is 1.